The van der Waals surface area contributed by atoms with Crippen molar-refractivity contribution in [3.05, 3.63) is 71.8 Å². The first kappa shape index (κ1) is 22.4. The van der Waals surface area contributed by atoms with Crippen molar-refractivity contribution in [1.82, 2.24) is 0 Å². The van der Waals surface area contributed by atoms with E-state index in [0.717, 1.165) is 11.1 Å². The standard InChI is InChI=1S/C24H26O8/c1-15(25)29-19-13-27-23(17-9-5-3-6-10-17)31-21(19)22-20(30-16(2)26)14-28-24(32-22)18-11-7-4-8-12-18/h3-12,19-24H,13-14H2,1-2H3/t19-,20+,21-,22-,23-,24-/m0/s1. The minimum absolute atomic E-state index is 0.104. The highest BCUT2D eigenvalue weighted by Gasteiger charge is 2.48. The molecule has 0 aromatic heterocycles. The Morgan fingerprint density at radius 1 is 0.688 bits per heavy atom. The van der Waals surface area contributed by atoms with Gasteiger partial charge in [0.15, 0.2) is 24.8 Å². The molecule has 0 saturated carbocycles. The number of rotatable bonds is 5. The van der Waals surface area contributed by atoms with E-state index in [0.29, 0.717) is 0 Å². The Morgan fingerprint density at radius 3 is 1.41 bits per heavy atom. The van der Waals surface area contributed by atoms with Gasteiger partial charge in [-0.05, 0) is 0 Å². The van der Waals surface area contributed by atoms with Crippen LogP contribution in [-0.2, 0) is 38.0 Å². The van der Waals surface area contributed by atoms with Gasteiger partial charge in [0.05, 0.1) is 13.2 Å². The molecule has 8 heteroatoms. The summed E-state index contributed by atoms with van der Waals surface area (Å²) in [6.07, 6.45) is -4.37. The van der Waals surface area contributed by atoms with Crippen LogP contribution in [0.1, 0.15) is 37.6 Å². The van der Waals surface area contributed by atoms with Gasteiger partial charge in [0.2, 0.25) is 0 Å². The van der Waals surface area contributed by atoms with Crippen molar-refractivity contribution in [3.8, 4) is 0 Å². The van der Waals surface area contributed by atoms with Crippen molar-refractivity contribution in [2.45, 2.75) is 50.8 Å². The molecule has 0 N–H and O–H groups in total. The summed E-state index contributed by atoms with van der Waals surface area (Å²) < 4.78 is 35.1. The zero-order valence-electron chi connectivity index (χ0n) is 17.9. The Bertz CT molecular complexity index is 827. The van der Waals surface area contributed by atoms with E-state index in [2.05, 4.69) is 0 Å². The van der Waals surface area contributed by atoms with Crippen molar-refractivity contribution < 1.29 is 38.0 Å². The summed E-state index contributed by atoms with van der Waals surface area (Å²) in [4.78, 5) is 23.5. The van der Waals surface area contributed by atoms with Gasteiger partial charge in [-0.3, -0.25) is 9.59 Å². The van der Waals surface area contributed by atoms with E-state index in [1.54, 1.807) is 0 Å². The highest BCUT2D eigenvalue weighted by Crippen LogP contribution is 2.36. The van der Waals surface area contributed by atoms with E-state index in [4.69, 9.17) is 28.4 Å². The van der Waals surface area contributed by atoms with E-state index in [-0.39, 0.29) is 13.2 Å². The predicted molar refractivity (Wildman–Crippen MR) is 111 cm³/mol. The van der Waals surface area contributed by atoms with Gasteiger partial charge >= 0.3 is 11.9 Å². The molecule has 2 saturated heterocycles. The zero-order valence-corrected chi connectivity index (χ0v) is 17.9. The molecule has 32 heavy (non-hydrogen) atoms. The quantitative estimate of drug-likeness (QED) is 0.653. The Morgan fingerprint density at radius 2 is 1.06 bits per heavy atom. The lowest BCUT2D eigenvalue weighted by molar-refractivity contribution is -0.333. The van der Waals surface area contributed by atoms with Gasteiger partial charge in [-0.15, -0.1) is 0 Å². The van der Waals surface area contributed by atoms with E-state index in [1.165, 1.54) is 13.8 Å². The Hall–Kier alpha value is -2.78. The number of hydrogen-bond donors (Lipinski definition) is 0. The molecule has 0 unspecified atom stereocenters. The molecule has 6 atom stereocenters. The minimum atomic E-state index is -0.752. The summed E-state index contributed by atoms with van der Waals surface area (Å²) in [5, 5.41) is 0. The largest absolute Gasteiger partial charge is 0.457 e. The maximum Gasteiger partial charge on any atom is 0.303 e. The molecule has 8 nitrogen and oxygen atoms in total. The molecule has 2 aliphatic rings. The van der Waals surface area contributed by atoms with Crippen LogP contribution >= 0.6 is 0 Å². The van der Waals surface area contributed by atoms with Crippen LogP contribution in [0.4, 0.5) is 0 Å². The van der Waals surface area contributed by atoms with E-state index in [1.807, 2.05) is 60.7 Å². The van der Waals surface area contributed by atoms with Gasteiger partial charge in [-0.2, -0.15) is 0 Å². The summed E-state index contributed by atoms with van der Waals surface area (Å²) in [7, 11) is 0. The molecule has 0 bridgehead atoms. The first-order valence-electron chi connectivity index (χ1n) is 10.5. The Labute approximate surface area is 186 Å². The number of benzene rings is 2. The van der Waals surface area contributed by atoms with Crippen LogP contribution in [0.5, 0.6) is 0 Å². The molecule has 170 valence electrons. The molecule has 0 amide bonds. The Kier molecular flexibility index (Phi) is 7.16. The highest BCUT2D eigenvalue weighted by atomic mass is 16.7. The van der Waals surface area contributed by atoms with Crippen LogP contribution < -0.4 is 0 Å². The van der Waals surface area contributed by atoms with Crippen molar-refractivity contribution in [2.75, 3.05) is 13.2 Å². The van der Waals surface area contributed by atoms with Gasteiger partial charge in [0, 0.05) is 25.0 Å². The number of ether oxygens (including phenoxy) is 6. The van der Waals surface area contributed by atoms with Gasteiger partial charge in [0.1, 0.15) is 12.2 Å². The lowest BCUT2D eigenvalue weighted by Gasteiger charge is -2.44. The van der Waals surface area contributed by atoms with Crippen molar-refractivity contribution in [2.24, 2.45) is 0 Å². The smallest absolute Gasteiger partial charge is 0.303 e. The average molecular weight is 442 g/mol. The molecule has 0 radical (unpaired) electrons. The van der Waals surface area contributed by atoms with E-state index >= 15 is 0 Å². The second-order valence-electron chi connectivity index (χ2n) is 7.65. The van der Waals surface area contributed by atoms with Gasteiger partial charge in [-0.1, -0.05) is 60.7 Å². The predicted octanol–water partition coefficient (Wildman–Crippen LogP) is 3.08. The molecule has 2 aromatic carbocycles. The number of esters is 2. The molecule has 2 aliphatic heterocycles. The van der Waals surface area contributed by atoms with Gasteiger partial charge in [0.25, 0.3) is 0 Å². The zero-order chi connectivity index (χ0) is 22.5. The van der Waals surface area contributed by atoms with Crippen LogP contribution in [-0.4, -0.2) is 49.6 Å². The summed E-state index contributed by atoms with van der Waals surface area (Å²) >= 11 is 0. The summed E-state index contributed by atoms with van der Waals surface area (Å²) in [6.45, 7) is 2.85. The lowest BCUT2D eigenvalue weighted by atomic mass is 10.00. The van der Waals surface area contributed by atoms with Crippen LogP contribution in [0.15, 0.2) is 60.7 Å². The summed E-state index contributed by atoms with van der Waals surface area (Å²) in [6, 6.07) is 18.9. The van der Waals surface area contributed by atoms with Crippen molar-refractivity contribution >= 4 is 11.9 Å². The Balaban J connectivity index is 1.62. The van der Waals surface area contributed by atoms with Crippen LogP contribution in [0.25, 0.3) is 0 Å². The number of carbonyl (C=O) groups is 2. The number of carbonyl (C=O) groups excluding carboxylic acids is 2. The maximum absolute atomic E-state index is 11.8. The van der Waals surface area contributed by atoms with Crippen LogP contribution in [0.3, 0.4) is 0 Å². The first-order chi connectivity index (χ1) is 15.5. The summed E-state index contributed by atoms with van der Waals surface area (Å²) in [5.74, 6) is -0.942. The SMILES string of the molecule is CC(=O)O[C@H]1CO[C@H](c2ccccc2)O[C@@H]1[C@H]1O[C@@H](c2ccccc2)OC[C@H]1OC(C)=O. The molecule has 0 spiro atoms. The topological polar surface area (TPSA) is 89.5 Å². The molecule has 2 fully saturated rings. The van der Waals surface area contributed by atoms with E-state index < -0.39 is 48.9 Å². The highest BCUT2D eigenvalue weighted by molar-refractivity contribution is 5.66. The van der Waals surface area contributed by atoms with Crippen molar-refractivity contribution in [3.63, 3.8) is 0 Å². The molecular formula is C24H26O8. The monoisotopic (exact) mass is 442 g/mol. The normalized spacial score (nSPS) is 30.3. The van der Waals surface area contributed by atoms with Gasteiger partial charge < -0.3 is 28.4 Å². The number of hydrogen-bond acceptors (Lipinski definition) is 8. The molecular weight excluding hydrogens is 416 g/mol. The fourth-order valence-corrected chi connectivity index (χ4v) is 3.87. The van der Waals surface area contributed by atoms with Crippen molar-refractivity contribution in [1.29, 1.82) is 0 Å². The van der Waals surface area contributed by atoms with Crippen LogP contribution in [0, 0.1) is 0 Å². The second-order valence-corrected chi connectivity index (χ2v) is 7.65. The first-order valence-corrected chi connectivity index (χ1v) is 10.5. The minimum Gasteiger partial charge on any atom is -0.457 e. The maximum atomic E-state index is 11.8. The van der Waals surface area contributed by atoms with Crippen LogP contribution in [0.2, 0.25) is 0 Å². The van der Waals surface area contributed by atoms with E-state index in [9.17, 15) is 9.59 Å². The molecule has 2 aromatic rings. The third-order valence-electron chi connectivity index (χ3n) is 5.22. The molecule has 2 heterocycles. The fraction of sp³-hybridized carbons (Fsp3) is 0.417. The summed E-state index contributed by atoms with van der Waals surface area (Å²) in [5.41, 5.74) is 1.63. The lowest BCUT2D eigenvalue weighted by Crippen LogP contribution is -2.57. The third-order valence-corrected chi connectivity index (χ3v) is 5.22. The average Bonchev–Trinajstić information content (AvgIpc) is 2.80. The molecule has 4 rings (SSSR count). The van der Waals surface area contributed by atoms with Gasteiger partial charge in [-0.25, -0.2) is 0 Å². The molecule has 0 aliphatic carbocycles. The fourth-order valence-electron chi connectivity index (χ4n) is 3.87. The third kappa shape index (κ3) is 5.34. The second kappa shape index (κ2) is 10.2.